The molecule has 0 fully saturated rings. The molecule has 19 heavy (non-hydrogen) atoms. The van der Waals surface area contributed by atoms with Gasteiger partial charge in [-0.1, -0.05) is 23.7 Å². The van der Waals surface area contributed by atoms with Gasteiger partial charge in [-0.2, -0.15) is 0 Å². The molecule has 0 amide bonds. The van der Waals surface area contributed by atoms with E-state index in [-0.39, 0.29) is 0 Å². The third-order valence-electron chi connectivity index (χ3n) is 2.99. The van der Waals surface area contributed by atoms with E-state index in [9.17, 15) is 0 Å². The summed E-state index contributed by atoms with van der Waals surface area (Å²) in [6, 6.07) is 7.60. The molecule has 6 heteroatoms. The molecule has 2 N–H and O–H groups in total. The maximum absolute atomic E-state index is 6.15. The van der Waals surface area contributed by atoms with Crippen molar-refractivity contribution in [3.05, 3.63) is 40.7 Å². The molecule has 2 aromatic rings. The summed E-state index contributed by atoms with van der Waals surface area (Å²) < 4.78 is 5.28. The monoisotopic (exact) mass is 276 g/mol. The van der Waals surface area contributed by atoms with Gasteiger partial charge in [-0.3, -0.25) is 0 Å². The Morgan fingerprint density at radius 3 is 2.95 bits per heavy atom. The maximum Gasteiger partial charge on any atom is 0.229 e. The second-order valence-corrected chi connectivity index (χ2v) is 4.55. The Kier molecular flexibility index (Phi) is 3.23. The zero-order chi connectivity index (χ0) is 13.2. The van der Waals surface area contributed by atoms with Crippen LogP contribution in [0.3, 0.4) is 0 Å². The van der Waals surface area contributed by atoms with Crippen LogP contribution in [0.2, 0.25) is 5.15 Å². The van der Waals surface area contributed by atoms with Crippen LogP contribution in [0.15, 0.2) is 24.3 Å². The van der Waals surface area contributed by atoms with E-state index in [1.807, 2.05) is 24.3 Å². The fourth-order valence-corrected chi connectivity index (χ4v) is 2.31. The maximum atomic E-state index is 6.15. The highest BCUT2D eigenvalue weighted by atomic mass is 35.5. The third-order valence-corrected chi connectivity index (χ3v) is 3.30. The Labute approximate surface area is 116 Å². The molecule has 5 nitrogen and oxygen atoms in total. The van der Waals surface area contributed by atoms with Gasteiger partial charge in [0.25, 0.3) is 0 Å². The van der Waals surface area contributed by atoms with Gasteiger partial charge in [-0.15, -0.1) is 0 Å². The molecule has 3 rings (SSSR count). The minimum absolute atomic E-state index is 0.483. The highest BCUT2D eigenvalue weighted by Crippen LogP contribution is 2.28. The Morgan fingerprint density at radius 2 is 2.11 bits per heavy atom. The highest BCUT2D eigenvalue weighted by Gasteiger charge is 2.18. The van der Waals surface area contributed by atoms with Gasteiger partial charge < -0.3 is 15.4 Å². The van der Waals surface area contributed by atoms with Crippen LogP contribution in [0.5, 0.6) is 5.75 Å². The number of nitrogens with one attached hydrogen (secondary N) is 2. The molecule has 1 aliphatic heterocycles. The topological polar surface area (TPSA) is 59.1 Å². The van der Waals surface area contributed by atoms with Gasteiger partial charge in [0.1, 0.15) is 10.9 Å². The lowest BCUT2D eigenvalue weighted by Gasteiger charge is -2.10. The molecular weight excluding hydrogens is 264 g/mol. The third kappa shape index (κ3) is 2.34. The summed E-state index contributed by atoms with van der Waals surface area (Å²) in [4.78, 5) is 8.72. The molecular formula is C13H13ClN4O. The number of ether oxygens (including phenoxy) is 1. The number of nitrogens with zero attached hydrogens (tertiary/aromatic N) is 2. The molecule has 0 aliphatic carbocycles. The van der Waals surface area contributed by atoms with E-state index in [0.717, 1.165) is 35.8 Å². The van der Waals surface area contributed by atoms with Gasteiger partial charge >= 0.3 is 0 Å². The quantitative estimate of drug-likeness (QED) is 0.844. The van der Waals surface area contributed by atoms with Crippen molar-refractivity contribution < 1.29 is 4.74 Å². The lowest BCUT2D eigenvalue weighted by Crippen LogP contribution is -2.03. The number of para-hydroxylation sites is 2. The minimum Gasteiger partial charge on any atom is -0.495 e. The Balaban J connectivity index is 1.93. The number of methoxy groups -OCH3 is 1. The number of anilines is 2. The highest BCUT2D eigenvalue weighted by molar-refractivity contribution is 6.30. The molecule has 0 radical (unpaired) electrons. The van der Waals surface area contributed by atoms with Crippen LogP contribution in [-0.4, -0.2) is 17.1 Å². The molecule has 0 saturated carbocycles. The van der Waals surface area contributed by atoms with E-state index < -0.39 is 0 Å². The van der Waals surface area contributed by atoms with Crippen molar-refractivity contribution in [3.63, 3.8) is 0 Å². The fraction of sp³-hybridized carbons (Fsp3) is 0.231. The summed E-state index contributed by atoms with van der Waals surface area (Å²) in [5.74, 6) is 1.22. The van der Waals surface area contributed by atoms with E-state index in [1.165, 1.54) is 0 Å². The number of benzene rings is 1. The molecule has 98 valence electrons. The van der Waals surface area contributed by atoms with Gasteiger partial charge in [0, 0.05) is 18.7 Å². The smallest absolute Gasteiger partial charge is 0.229 e. The van der Waals surface area contributed by atoms with E-state index in [0.29, 0.717) is 11.1 Å². The zero-order valence-electron chi connectivity index (χ0n) is 10.4. The molecule has 0 saturated heterocycles. The average Bonchev–Trinajstić information content (AvgIpc) is 2.88. The minimum atomic E-state index is 0.483. The van der Waals surface area contributed by atoms with Crippen molar-refractivity contribution in [2.75, 3.05) is 12.4 Å². The van der Waals surface area contributed by atoms with Gasteiger partial charge in [0.2, 0.25) is 5.95 Å². The van der Waals surface area contributed by atoms with Gasteiger partial charge in [-0.25, -0.2) is 9.97 Å². The van der Waals surface area contributed by atoms with Crippen molar-refractivity contribution in [2.45, 2.75) is 13.1 Å². The molecule has 0 spiro atoms. The SMILES string of the molecule is COc1ccccc1Nc1nc(Cl)c2c(n1)CNC2. The van der Waals surface area contributed by atoms with Crippen molar-refractivity contribution in [1.82, 2.24) is 15.3 Å². The van der Waals surface area contributed by atoms with Crippen molar-refractivity contribution in [3.8, 4) is 5.75 Å². The van der Waals surface area contributed by atoms with Crippen LogP contribution < -0.4 is 15.4 Å². The average molecular weight is 277 g/mol. The lowest BCUT2D eigenvalue weighted by molar-refractivity contribution is 0.417. The summed E-state index contributed by atoms with van der Waals surface area (Å²) in [7, 11) is 1.63. The van der Waals surface area contributed by atoms with Gasteiger partial charge in [0.05, 0.1) is 18.5 Å². The first-order chi connectivity index (χ1) is 9.28. The first kappa shape index (κ1) is 12.2. The van der Waals surface area contributed by atoms with Crippen LogP contribution >= 0.6 is 11.6 Å². The van der Waals surface area contributed by atoms with Crippen molar-refractivity contribution in [2.24, 2.45) is 0 Å². The normalized spacial score (nSPS) is 13.2. The molecule has 0 bridgehead atoms. The number of hydrogen-bond donors (Lipinski definition) is 2. The number of rotatable bonds is 3. The molecule has 1 aromatic carbocycles. The Hall–Kier alpha value is -1.85. The Morgan fingerprint density at radius 1 is 1.26 bits per heavy atom. The van der Waals surface area contributed by atoms with Gasteiger partial charge in [-0.05, 0) is 12.1 Å². The largest absolute Gasteiger partial charge is 0.495 e. The predicted octanol–water partition coefficient (Wildman–Crippen LogP) is 2.49. The summed E-state index contributed by atoms with van der Waals surface area (Å²) in [6.45, 7) is 1.45. The summed E-state index contributed by atoms with van der Waals surface area (Å²) in [6.07, 6.45) is 0. The van der Waals surface area contributed by atoms with Crippen LogP contribution in [0.1, 0.15) is 11.3 Å². The van der Waals surface area contributed by atoms with Crippen LogP contribution in [-0.2, 0) is 13.1 Å². The predicted molar refractivity (Wildman–Crippen MR) is 73.9 cm³/mol. The number of halogens is 1. The van der Waals surface area contributed by atoms with Crippen LogP contribution in [0, 0.1) is 0 Å². The number of hydrogen-bond acceptors (Lipinski definition) is 5. The van der Waals surface area contributed by atoms with Crippen LogP contribution in [0.4, 0.5) is 11.6 Å². The molecule has 1 aromatic heterocycles. The summed E-state index contributed by atoms with van der Waals surface area (Å²) >= 11 is 6.15. The second kappa shape index (κ2) is 5.03. The fourth-order valence-electron chi connectivity index (χ4n) is 2.05. The molecule has 0 unspecified atom stereocenters. The zero-order valence-corrected chi connectivity index (χ0v) is 11.2. The first-order valence-corrected chi connectivity index (χ1v) is 6.32. The van der Waals surface area contributed by atoms with Gasteiger partial charge in [0.15, 0.2) is 0 Å². The summed E-state index contributed by atoms with van der Waals surface area (Å²) in [5, 5.41) is 6.83. The first-order valence-electron chi connectivity index (χ1n) is 5.94. The number of fused-ring (bicyclic) bond motifs is 1. The Bertz CT molecular complexity index is 618. The second-order valence-electron chi connectivity index (χ2n) is 4.19. The van der Waals surface area contributed by atoms with E-state index >= 15 is 0 Å². The molecule has 1 aliphatic rings. The van der Waals surface area contributed by atoms with Crippen molar-refractivity contribution in [1.29, 1.82) is 0 Å². The van der Waals surface area contributed by atoms with E-state index in [2.05, 4.69) is 20.6 Å². The van der Waals surface area contributed by atoms with E-state index in [1.54, 1.807) is 7.11 Å². The molecule has 2 heterocycles. The molecule has 0 atom stereocenters. The lowest BCUT2D eigenvalue weighted by atomic mass is 10.3. The number of aromatic nitrogens is 2. The summed E-state index contributed by atoms with van der Waals surface area (Å²) in [5.41, 5.74) is 2.73. The standard InChI is InChI=1S/C13H13ClN4O/c1-19-11-5-3-2-4-9(11)16-13-17-10-7-15-6-8(10)12(14)18-13/h2-5,15H,6-7H2,1H3,(H,16,17,18). The van der Waals surface area contributed by atoms with Crippen molar-refractivity contribution >= 4 is 23.2 Å². The van der Waals surface area contributed by atoms with Crippen LogP contribution in [0.25, 0.3) is 0 Å². The van der Waals surface area contributed by atoms with E-state index in [4.69, 9.17) is 16.3 Å².